The van der Waals surface area contributed by atoms with Crippen molar-refractivity contribution in [3.8, 4) is 0 Å². The number of nitrogens with one attached hydrogen (secondary N) is 1. The van der Waals surface area contributed by atoms with Crippen molar-refractivity contribution < 1.29 is 9.53 Å². The van der Waals surface area contributed by atoms with Crippen LogP contribution >= 0.6 is 11.6 Å². The predicted octanol–water partition coefficient (Wildman–Crippen LogP) is 4.20. The Bertz CT molecular complexity index is 850. The Kier molecular flexibility index (Phi) is 4.39. The van der Waals surface area contributed by atoms with E-state index in [1.807, 2.05) is 18.2 Å². The number of benzene rings is 2. The summed E-state index contributed by atoms with van der Waals surface area (Å²) in [7, 11) is 0. The number of hydrogen-bond donors (Lipinski definition) is 1. The van der Waals surface area contributed by atoms with Crippen LogP contribution < -0.4 is 5.32 Å². The van der Waals surface area contributed by atoms with E-state index in [1.54, 1.807) is 37.3 Å². The van der Waals surface area contributed by atoms with E-state index in [0.29, 0.717) is 21.9 Å². The maximum atomic E-state index is 12.2. The molecule has 2 aromatic carbocycles. The Morgan fingerprint density at radius 1 is 1.09 bits per heavy atom. The molecule has 0 aliphatic heterocycles. The third-order valence-electron chi connectivity index (χ3n) is 3.15. The summed E-state index contributed by atoms with van der Waals surface area (Å²) in [5.41, 5.74) is 2.24. The topological polar surface area (TPSA) is 64.1 Å². The molecule has 1 heterocycles. The molecule has 116 valence electrons. The number of halogens is 1. The van der Waals surface area contributed by atoms with E-state index in [2.05, 4.69) is 15.3 Å². The monoisotopic (exact) mass is 327 g/mol. The maximum absolute atomic E-state index is 12.2. The van der Waals surface area contributed by atoms with Gasteiger partial charge in [-0.15, -0.1) is 0 Å². The Morgan fingerprint density at radius 3 is 2.39 bits per heavy atom. The Morgan fingerprint density at radius 2 is 1.74 bits per heavy atom. The Balaban J connectivity index is 2.06. The molecule has 5 nitrogen and oxygen atoms in total. The van der Waals surface area contributed by atoms with Gasteiger partial charge < -0.3 is 10.1 Å². The fourth-order valence-electron chi connectivity index (χ4n) is 2.10. The molecule has 0 aliphatic carbocycles. The quantitative estimate of drug-likeness (QED) is 0.727. The smallest absolute Gasteiger partial charge is 0.360 e. The number of carbonyl (C=O) groups is 1. The van der Waals surface area contributed by atoms with Gasteiger partial charge in [0.05, 0.1) is 17.6 Å². The SMILES string of the molecule is CCOC(=O)c1nc2ccccc2nc1Nc1ccc(Cl)cc1. The molecule has 3 rings (SSSR count). The molecular weight excluding hydrogens is 314 g/mol. The second kappa shape index (κ2) is 6.62. The number of carbonyl (C=O) groups excluding carboxylic acids is 1. The van der Waals surface area contributed by atoms with Gasteiger partial charge in [0.25, 0.3) is 0 Å². The predicted molar refractivity (Wildman–Crippen MR) is 90.2 cm³/mol. The number of aromatic nitrogens is 2. The lowest BCUT2D eigenvalue weighted by atomic mass is 10.2. The third-order valence-corrected chi connectivity index (χ3v) is 3.40. The van der Waals surface area contributed by atoms with Gasteiger partial charge in [0.15, 0.2) is 11.5 Å². The van der Waals surface area contributed by atoms with E-state index in [9.17, 15) is 4.79 Å². The van der Waals surface area contributed by atoms with E-state index in [-0.39, 0.29) is 12.3 Å². The molecule has 0 saturated heterocycles. The average molecular weight is 328 g/mol. The summed E-state index contributed by atoms with van der Waals surface area (Å²) in [5.74, 6) is -0.160. The van der Waals surface area contributed by atoms with Crippen LogP contribution in [0.3, 0.4) is 0 Å². The highest BCUT2D eigenvalue weighted by Gasteiger charge is 2.17. The number of nitrogens with zero attached hydrogens (tertiary/aromatic N) is 2. The Hall–Kier alpha value is -2.66. The van der Waals surface area contributed by atoms with Crippen LogP contribution in [0.25, 0.3) is 11.0 Å². The van der Waals surface area contributed by atoms with Crippen molar-refractivity contribution in [2.45, 2.75) is 6.92 Å². The lowest BCUT2D eigenvalue weighted by molar-refractivity contribution is 0.0521. The summed E-state index contributed by atoms with van der Waals surface area (Å²) in [6.45, 7) is 2.02. The van der Waals surface area contributed by atoms with E-state index in [0.717, 1.165) is 5.69 Å². The summed E-state index contributed by atoms with van der Waals surface area (Å²) in [4.78, 5) is 21.0. The van der Waals surface area contributed by atoms with Crippen molar-refractivity contribution in [3.63, 3.8) is 0 Å². The largest absolute Gasteiger partial charge is 0.461 e. The molecule has 0 unspecified atom stereocenters. The third kappa shape index (κ3) is 3.40. The number of para-hydroxylation sites is 2. The Labute approximate surface area is 138 Å². The van der Waals surface area contributed by atoms with E-state index >= 15 is 0 Å². The minimum absolute atomic E-state index is 0.153. The minimum Gasteiger partial charge on any atom is -0.461 e. The molecular formula is C17H14ClN3O2. The molecule has 0 spiro atoms. The lowest BCUT2D eigenvalue weighted by Crippen LogP contribution is -2.12. The highest BCUT2D eigenvalue weighted by molar-refractivity contribution is 6.30. The number of rotatable bonds is 4. The molecule has 0 radical (unpaired) electrons. The van der Waals surface area contributed by atoms with Crippen LogP contribution in [0.15, 0.2) is 48.5 Å². The van der Waals surface area contributed by atoms with Gasteiger partial charge in [0, 0.05) is 10.7 Å². The van der Waals surface area contributed by atoms with Crippen LogP contribution in [0.1, 0.15) is 17.4 Å². The summed E-state index contributed by atoms with van der Waals surface area (Å²) in [6, 6.07) is 14.5. The van der Waals surface area contributed by atoms with Gasteiger partial charge in [-0.25, -0.2) is 14.8 Å². The van der Waals surface area contributed by atoms with E-state index in [1.165, 1.54) is 0 Å². The molecule has 23 heavy (non-hydrogen) atoms. The fraction of sp³-hybridized carbons (Fsp3) is 0.118. The number of fused-ring (bicyclic) bond motifs is 1. The number of esters is 1. The second-order valence-corrected chi connectivity index (χ2v) is 5.20. The van der Waals surface area contributed by atoms with Gasteiger partial charge >= 0.3 is 5.97 Å². The van der Waals surface area contributed by atoms with Gasteiger partial charge in [-0.3, -0.25) is 0 Å². The number of anilines is 2. The molecule has 0 fully saturated rings. The molecule has 0 amide bonds. The van der Waals surface area contributed by atoms with Crippen LogP contribution in [0.4, 0.5) is 11.5 Å². The number of hydrogen-bond acceptors (Lipinski definition) is 5. The van der Waals surface area contributed by atoms with Crippen LogP contribution in [0.5, 0.6) is 0 Å². The summed E-state index contributed by atoms with van der Waals surface area (Å²) >= 11 is 5.89. The molecule has 0 aliphatic rings. The highest BCUT2D eigenvalue weighted by Crippen LogP contribution is 2.23. The molecule has 1 N–H and O–H groups in total. The zero-order valence-electron chi connectivity index (χ0n) is 12.4. The van der Waals surface area contributed by atoms with Crippen LogP contribution in [0.2, 0.25) is 5.02 Å². The van der Waals surface area contributed by atoms with Crippen molar-refractivity contribution in [1.82, 2.24) is 9.97 Å². The first kappa shape index (κ1) is 15.2. The van der Waals surface area contributed by atoms with Crippen LogP contribution in [-0.2, 0) is 4.74 Å². The van der Waals surface area contributed by atoms with Crippen molar-refractivity contribution in [2.24, 2.45) is 0 Å². The van der Waals surface area contributed by atoms with Crippen molar-refractivity contribution in [2.75, 3.05) is 11.9 Å². The second-order valence-electron chi connectivity index (χ2n) is 4.76. The van der Waals surface area contributed by atoms with Crippen LogP contribution in [-0.4, -0.2) is 22.5 Å². The standard InChI is InChI=1S/C17H14ClN3O2/c1-2-23-17(22)15-16(19-12-9-7-11(18)8-10-12)21-14-6-4-3-5-13(14)20-15/h3-10H,2H2,1H3,(H,19,21). The van der Waals surface area contributed by atoms with Gasteiger partial charge in [-0.2, -0.15) is 0 Å². The van der Waals surface area contributed by atoms with Gasteiger partial charge in [-0.1, -0.05) is 23.7 Å². The fourth-order valence-corrected chi connectivity index (χ4v) is 2.22. The average Bonchev–Trinajstić information content (AvgIpc) is 2.56. The van der Waals surface area contributed by atoms with Crippen molar-refractivity contribution >= 4 is 40.1 Å². The number of ether oxygens (including phenoxy) is 1. The zero-order valence-corrected chi connectivity index (χ0v) is 13.2. The van der Waals surface area contributed by atoms with E-state index in [4.69, 9.17) is 16.3 Å². The van der Waals surface area contributed by atoms with Crippen molar-refractivity contribution in [1.29, 1.82) is 0 Å². The first-order valence-electron chi connectivity index (χ1n) is 7.14. The normalized spacial score (nSPS) is 10.5. The maximum Gasteiger partial charge on any atom is 0.360 e. The highest BCUT2D eigenvalue weighted by atomic mass is 35.5. The first-order valence-corrected chi connectivity index (χ1v) is 7.51. The summed E-state index contributed by atoms with van der Waals surface area (Å²) < 4.78 is 5.07. The minimum atomic E-state index is -0.512. The molecule has 0 bridgehead atoms. The van der Waals surface area contributed by atoms with Crippen molar-refractivity contribution in [3.05, 3.63) is 59.2 Å². The lowest BCUT2D eigenvalue weighted by Gasteiger charge is -2.11. The van der Waals surface area contributed by atoms with Gasteiger partial charge in [0.2, 0.25) is 0 Å². The molecule has 0 atom stereocenters. The summed E-state index contributed by atoms with van der Waals surface area (Å²) in [6.07, 6.45) is 0. The first-order chi connectivity index (χ1) is 11.2. The van der Waals surface area contributed by atoms with Crippen LogP contribution in [0, 0.1) is 0 Å². The van der Waals surface area contributed by atoms with E-state index < -0.39 is 5.97 Å². The molecule has 0 saturated carbocycles. The van der Waals surface area contributed by atoms with Gasteiger partial charge in [0.1, 0.15) is 0 Å². The van der Waals surface area contributed by atoms with Gasteiger partial charge in [-0.05, 0) is 43.3 Å². The molecule has 6 heteroatoms. The summed E-state index contributed by atoms with van der Waals surface area (Å²) in [5, 5.41) is 3.73. The zero-order chi connectivity index (χ0) is 16.2. The molecule has 3 aromatic rings. The molecule has 1 aromatic heterocycles.